The molecule has 0 saturated heterocycles. The maximum atomic E-state index is 12.3. The van der Waals surface area contributed by atoms with Crippen LogP contribution < -0.4 is 5.32 Å². The van der Waals surface area contributed by atoms with E-state index < -0.39 is 10.0 Å². The average Bonchev–Trinajstić information content (AvgIpc) is 2.39. The van der Waals surface area contributed by atoms with Gasteiger partial charge in [-0.05, 0) is 19.4 Å². The number of hydrogen-bond acceptors (Lipinski definition) is 5. The van der Waals surface area contributed by atoms with Gasteiger partial charge in [0.05, 0.1) is 4.90 Å². The van der Waals surface area contributed by atoms with E-state index in [4.69, 9.17) is 4.74 Å². The van der Waals surface area contributed by atoms with Crippen molar-refractivity contribution < 1.29 is 13.2 Å². The van der Waals surface area contributed by atoms with Crippen LogP contribution in [0.1, 0.15) is 13.3 Å². The third-order valence-electron chi connectivity index (χ3n) is 2.62. The van der Waals surface area contributed by atoms with Gasteiger partial charge in [-0.3, -0.25) is 0 Å². The summed E-state index contributed by atoms with van der Waals surface area (Å²) >= 11 is 0. The van der Waals surface area contributed by atoms with Gasteiger partial charge in [0.2, 0.25) is 10.0 Å². The molecule has 0 fully saturated rings. The summed E-state index contributed by atoms with van der Waals surface area (Å²) in [5, 5.41) is 3.00. The monoisotopic (exact) mass is 287 g/mol. The van der Waals surface area contributed by atoms with Gasteiger partial charge in [0.25, 0.3) is 0 Å². The summed E-state index contributed by atoms with van der Waals surface area (Å²) < 4.78 is 30.9. The van der Waals surface area contributed by atoms with Crippen molar-refractivity contribution >= 4 is 15.8 Å². The number of pyridine rings is 1. The second-order valence-corrected chi connectivity index (χ2v) is 6.12. The van der Waals surface area contributed by atoms with Crippen LogP contribution in [0.25, 0.3) is 0 Å². The fourth-order valence-corrected chi connectivity index (χ4v) is 2.80. The molecule has 0 radical (unpaired) electrons. The molecule has 0 atom stereocenters. The fraction of sp³-hybridized carbons (Fsp3) is 0.583. The van der Waals surface area contributed by atoms with Gasteiger partial charge in [0.15, 0.2) is 0 Å². The molecular formula is C12H21N3O3S. The number of nitrogens with zero attached hydrogens (tertiary/aromatic N) is 2. The third kappa shape index (κ3) is 4.45. The average molecular weight is 287 g/mol. The summed E-state index contributed by atoms with van der Waals surface area (Å²) in [6.45, 7) is 3.59. The Morgan fingerprint density at radius 1 is 1.47 bits per heavy atom. The highest BCUT2D eigenvalue weighted by atomic mass is 32.2. The fourth-order valence-electron chi connectivity index (χ4n) is 1.58. The Bertz CT molecular complexity index is 491. The molecule has 1 rings (SSSR count). The minimum atomic E-state index is -3.46. The van der Waals surface area contributed by atoms with Crippen LogP contribution in [0.4, 0.5) is 5.82 Å². The summed E-state index contributed by atoms with van der Waals surface area (Å²) in [6.07, 6.45) is 2.16. The zero-order valence-corrected chi connectivity index (χ0v) is 12.4. The molecule has 0 spiro atoms. The molecule has 0 aromatic carbocycles. The lowest BCUT2D eigenvalue weighted by Gasteiger charge is -2.17. The zero-order valence-electron chi connectivity index (χ0n) is 11.6. The van der Waals surface area contributed by atoms with E-state index >= 15 is 0 Å². The number of rotatable bonds is 8. The summed E-state index contributed by atoms with van der Waals surface area (Å²) in [7, 11) is -0.297. The highest BCUT2D eigenvalue weighted by Gasteiger charge is 2.20. The molecular weight excluding hydrogens is 266 g/mol. The number of anilines is 1. The first-order valence-corrected chi connectivity index (χ1v) is 7.61. The Balaban J connectivity index is 2.83. The molecule has 0 saturated carbocycles. The van der Waals surface area contributed by atoms with Crippen molar-refractivity contribution in [3.05, 3.63) is 18.3 Å². The predicted octanol–water partition coefficient (Wildman–Crippen LogP) is 1.17. The SMILES string of the molecule is CCNc1cc(S(=O)(=O)N(C)CCCOC)ccn1. The normalized spacial score (nSPS) is 11.8. The van der Waals surface area contributed by atoms with Gasteiger partial charge in [-0.2, -0.15) is 0 Å². The van der Waals surface area contributed by atoms with Crippen LogP contribution in [-0.4, -0.2) is 51.6 Å². The van der Waals surface area contributed by atoms with E-state index in [1.165, 1.54) is 16.6 Å². The van der Waals surface area contributed by atoms with Gasteiger partial charge in [-0.25, -0.2) is 17.7 Å². The number of ether oxygens (including phenoxy) is 1. The molecule has 1 N–H and O–H groups in total. The van der Waals surface area contributed by atoms with Gasteiger partial charge in [-0.1, -0.05) is 0 Å². The van der Waals surface area contributed by atoms with Crippen molar-refractivity contribution in [2.24, 2.45) is 0 Å². The van der Waals surface area contributed by atoms with Crippen LogP contribution in [0.5, 0.6) is 0 Å². The lowest BCUT2D eigenvalue weighted by atomic mass is 10.4. The van der Waals surface area contributed by atoms with Crippen LogP contribution in [0.15, 0.2) is 23.2 Å². The minimum Gasteiger partial charge on any atom is -0.385 e. The Kier molecular flexibility index (Phi) is 6.20. The molecule has 0 aliphatic rings. The highest BCUT2D eigenvalue weighted by molar-refractivity contribution is 7.89. The Morgan fingerprint density at radius 3 is 2.84 bits per heavy atom. The number of methoxy groups -OCH3 is 1. The van der Waals surface area contributed by atoms with Crippen molar-refractivity contribution in [2.75, 3.05) is 39.2 Å². The molecule has 19 heavy (non-hydrogen) atoms. The molecule has 0 amide bonds. The zero-order chi connectivity index (χ0) is 14.3. The van der Waals surface area contributed by atoms with E-state index in [-0.39, 0.29) is 4.90 Å². The third-order valence-corrected chi connectivity index (χ3v) is 4.47. The predicted molar refractivity (Wildman–Crippen MR) is 74.7 cm³/mol. The first-order valence-electron chi connectivity index (χ1n) is 6.17. The Morgan fingerprint density at radius 2 is 2.21 bits per heavy atom. The molecule has 1 heterocycles. The number of hydrogen-bond donors (Lipinski definition) is 1. The summed E-state index contributed by atoms with van der Waals surface area (Å²) in [5.74, 6) is 0.564. The van der Waals surface area contributed by atoms with E-state index in [1.807, 2.05) is 6.92 Å². The van der Waals surface area contributed by atoms with E-state index in [0.29, 0.717) is 31.9 Å². The molecule has 6 nitrogen and oxygen atoms in total. The maximum absolute atomic E-state index is 12.3. The minimum absolute atomic E-state index is 0.248. The largest absolute Gasteiger partial charge is 0.385 e. The summed E-state index contributed by atoms with van der Waals surface area (Å²) in [6, 6.07) is 3.05. The first kappa shape index (κ1) is 15.9. The van der Waals surface area contributed by atoms with Gasteiger partial charge in [-0.15, -0.1) is 0 Å². The van der Waals surface area contributed by atoms with Crippen molar-refractivity contribution in [3.8, 4) is 0 Å². The quantitative estimate of drug-likeness (QED) is 0.727. The van der Waals surface area contributed by atoms with Crippen LogP contribution >= 0.6 is 0 Å². The molecule has 0 bridgehead atoms. The van der Waals surface area contributed by atoms with E-state index in [2.05, 4.69) is 10.3 Å². The topological polar surface area (TPSA) is 71.5 Å². The van der Waals surface area contributed by atoms with Gasteiger partial charge in [0, 0.05) is 46.1 Å². The number of aromatic nitrogens is 1. The molecule has 1 aromatic heterocycles. The molecule has 0 unspecified atom stereocenters. The maximum Gasteiger partial charge on any atom is 0.243 e. The van der Waals surface area contributed by atoms with Crippen LogP contribution in [0, 0.1) is 0 Å². The van der Waals surface area contributed by atoms with E-state index in [0.717, 1.165) is 0 Å². The highest BCUT2D eigenvalue weighted by Crippen LogP contribution is 2.16. The number of sulfonamides is 1. The van der Waals surface area contributed by atoms with Crippen molar-refractivity contribution in [3.63, 3.8) is 0 Å². The molecule has 7 heteroatoms. The lowest BCUT2D eigenvalue weighted by Crippen LogP contribution is -2.28. The van der Waals surface area contributed by atoms with Gasteiger partial charge < -0.3 is 10.1 Å². The van der Waals surface area contributed by atoms with E-state index in [1.54, 1.807) is 20.2 Å². The molecule has 0 aliphatic carbocycles. The first-order chi connectivity index (χ1) is 9.02. The standard InChI is InChI=1S/C12H21N3O3S/c1-4-13-12-10-11(6-7-14-12)19(16,17)15(2)8-5-9-18-3/h6-7,10H,4-5,8-9H2,1-3H3,(H,13,14). The Labute approximate surface area is 114 Å². The smallest absolute Gasteiger partial charge is 0.243 e. The Hall–Kier alpha value is -1.18. The molecule has 0 aliphatic heterocycles. The van der Waals surface area contributed by atoms with Crippen molar-refractivity contribution in [1.29, 1.82) is 0 Å². The number of nitrogens with one attached hydrogen (secondary N) is 1. The molecule has 108 valence electrons. The van der Waals surface area contributed by atoms with Crippen LogP contribution in [0.3, 0.4) is 0 Å². The van der Waals surface area contributed by atoms with Gasteiger partial charge in [0.1, 0.15) is 5.82 Å². The molecule has 1 aromatic rings. The summed E-state index contributed by atoms with van der Waals surface area (Å²) in [4.78, 5) is 4.31. The summed E-state index contributed by atoms with van der Waals surface area (Å²) in [5.41, 5.74) is 0. The van der Waals surface area contributed by atoms with Crippen molar-refractivity contribution in [1.82, 2.24) is 9.29 Å². The van der Waals surface area contributed by atoms with Crippen molar-refractivity contribution in [2.45, 2.75) is 18.2 Å². The lowest BCUT2D eigenvalue weighted by molar-refractivity contribution is 0.189. The van der Waals surface area contributed by atoms with Crippen LogP contribution in [-0.2, 0) is 14.8 Å². The van der Waals surface area contributed by atoms with E-state index in [9.17, 15) is 8.42 Å². The second-order valence-electron chi connectivity index (χ2n) is 4.08. The van der Waals surface area contributed by atoms with Gasteiger partial charge >= 0.3 is 0 Å². The van der Waals surface area contributed by atoms with Crippen LogP contribution in [0.2, 0.25) is 0 Å². The second kappa shape index (κ2) is 7.42.